The Morgan fingerprint density at radius 3 is 2.54 bits per heavy atom. The molecule has 0 atom stereocenters. The molecule has 0 spiro atoms. The maximum atomic E-state index is 13.0. The zero-order valence-electron chi connectivity index (χ0n) is 20.1. The van der Waals surface area contributed by atoms with Crippen molar-refractivity contribution >= 4 is 23.2 Å². The lowest BCUT2D eigenvalue weighted by molar-refractivity contribution is -0.120. The maximum Gasteiger partial charge on any atom is 0.254 e. The molecule has 1 N–H and O–H groups in total. The van der Waals surface area contributed by atoms with Crippen LogP contribution in [-0.2, 0) is 17.8 Å². The van der Waals surface area contributed by atoms with Gasteiger partial charge in [0.25, 0.3) is 5.78 Å². The molecule has 0 saturated carbocycles. The summed E-state index contributed by atoms with van der Waals surface area (Å²) in [4.78, 5) is 24.1. The van der Waals surface area contributed by atoms with Crippen molar-refractivity contribution in [3.8, 4) is 5.75 Å². The molecule has 3 heterocycles. The van der Waals surface area contributed by atoms with Crippen LogP contribution in [0.1, 0.15) is 36.6 Å². The van der Waals surface area contributed by atoms with E-state index in [0.29, 0.717) is 12.4 Å². The van der Waals surface area contributed by atoms with Gasteiger partial charge in [-0.15, -0.1) is 0 Å². The van der Waals surface area contributed by atoms with E-state index in [-0.39, 0.29) is 11.8 Å². The van der Waals surface area contributed by atoms with Crippen molar-refractivity contribution in [3.63, 3.8) is 0 Å². The van der Waals surface area contributed by atoms with Crippen LogP contribution in [0.3, 0.4) is 0 Å². The van der Waals surface area contributed by atoms with E-state index in [0.717, 1.165) is 60.9 Å². The first-order valence-corrected chi connectivity index (χ1v) is 12.1. The van der Waals surface area contributed by atoms with E-state index in [1.807, 2.05) is 66.0 Å². The molecule has 8 heteroatoms. The average molecular weight is 471 g/mol. The number of rotatable bonds is 7. The maximum absolute atomic E-state index is 13.0. The highest BCUT2D eigenvalue weighted by atomic mass is 16.5. The Bertz CT molecular complexity index is 1290. The molecule has 1 amide bonds. The van der Waals surface area contributed by atoms with Crippen LogP contribution in [0.5, 0.6) is 5.75 Å². The number of carbonyl (C=O) groups is 1. The lowest BCUT2D eigenvalue weighted by Gasteiger charge is -2.34. The van der Waals surface area contributed by atoms with E-state index in [2.05, 4.69) is 32.2 Å². The fourth-order valence-electron chi connectivity index (χ4n) is 4.68. The van der Waals surface area contributed by atoms with Gasteiger partial charge in [0.05, 0.1) is 0 Å². The van der Waals surface area contributed by atoms with Crippen molar-refractivity contribution < 1.29 is 9.53 Å². The first-order valence-electron chi connectivity index (χ1n) is 12.1. The molecule has 35 heavy (non-hydrogen) atoms. The van der Waals surface area contributed by atoms with Gasteiger partial charge in [-0.25, -0.2) is 4.98 Å². The van der Waals surface area contributed by atoms with Gasteiger partial charge in [-0.05, 0) is 56.0 Å². The molecule has 1 aliphatic rings. The zero-order valence-corrected chi connectivity index (χ0v) is 20.1. The number of ether oxygens (including phenoxy) is 1. The standard InChI is InChI=1S/C27H30N6O2/c1-3-24-19(2)30-27-28-18-29-33(27)26(24)32-15-13-21(14-16-32)25(34)31-22-9-11-23(12-10-22)35-17-20-7-5-4-6-8-20/h4-12,18,21H,3,13-17H2,1-2H3,(H,31,34). The zero-order chi connectivity index (χ0) is 24.2. The Balaban J connectivity index is 1.18. The summed E-state index contributed by atoms with van der Waals surface area (Å²) >= 11 is 0. The van der Waals surface area contributed by atoms with Gasteiger partial charge in [-0.3, -0.25) is 4.79 Å². The van der Waals surface area contributed by atoms with Crippen LogP contribution in [0.2, 0.25) is 0 Å². The monoisotopic (exact) mass is 470 g/mol. The van der Waals surface area contributed by atoms with Gasteiger partial charge in [0.1, 0.15) is 24.5 Å². The van der Waals surface area contributed by atoms with E-state index in [9.17, 15) is 4.79 Å². The highest BCUT2D eigenvalue weighted by Crippen LogP contribution is 2.29. The fraction of sp³-hybridized carbons (Fsp3) is 0.333. The lowest BCUT2D eigenvalue weighted by Crippen LogP contribution is -2.39. The number of nitrogens with zero attached hydrogens (tertiary/aromatic N) is 5. The molecule has 8 nitrogen and oxygen atoms in total. The predicted molar refractivity (Wildman–Crippen MR) is 136 cm³/mol. The average Bonchev–Trinajstić information content (AvgIpc) is 3.36. The van der Waals surface area contributed by atoms with Crippen molar-refractivity contribution in [1.82, 2.24) is 19.6 Å². The minimum atomic E-state index is -0.0282. The van der Waals surface area contributed by atoms with Crippen molar-refractivity contribution in [1.29, 1.82) is 0 Å². The molecule has 180 valence electrons. The third-order valence-electron chi connectivity index (χ3n) is 6.59. The van der Waals surface area contributed by atoms with E-state index in [1.54, 1.807) is 6.33 Å². The molecular weight excluding hydrogens is 440 g/mol. The highest BCUT2D eigenvalue weighted by molar-refractivity contribution is 5.92. The smallest absolute Gasteiger partial charge is 0.254 e. The number of hydrogen-bond donors (Lipinski definition) is 1. The van der Waals surface area contributed by atoms with Gasteiger partial charge in [-0.1, -0.05) is 37.3 Å². The number of amides is 1. The molecule has 2 aromatic carbocycles. The third kappa shape index (κ3) is 4.96. The minimum Gasteiger partial charge on any atom is -0.489 e. The number of nitrogens with one attached hydrogen (secondary N) is 1. The molecule has 0 aliphatic carbocycles. The number of benzene rings is 2. The fourth-order valence-corrected chi connectivity index (χ4v) is 4.68. The van der Waals surface area contributed by atoms with Gasteiger partial charge < -0.3 is 15.0 Å². The number of anilines is 2. The van der Waals surface area contributed by atoms with E-state index in [4.69, 9.17) is 4.74 Å². The van der Waals surface area contributed by atoms with E-state index >= 15 is 0 Å². The number of aryl methyl sites for hydroxylation is 1. The van der Waals surface area contributed by atoms with Crippen LogP contribution in [0.25, 0.3) is 5.78 Å². The van der Waals surface area contributed by atoms with Crippen LogP contribution in [0, 0.1) is 12.8 Å². The van der Waals surface area contributed by atoms with Gasteiger partial charge in [0, 0.05) is 36.0 Å². The topological polar surface area (TPSA) is 84.7 Å². The predicted octanol–water partition coefficient (Wildman–Crippen LogP) is 4.43. The summed E-state index contributed by atoms with van der Waals surface area (Å²) in [6, 6.07) is 17.6. The largest absolute Gasteiger partial charge is 0.489 e. The summed E-state index contributed by atoms with van der Waals surface area (Å²) in [7, 11) is 0. The first kappa shape index (κ1) is 22.8. The summed E-state index contributed by atoms with van der Waals surface area (Å²) < 4.78 is 7.67. The van der Waals surface area contributed by atoms with Crippen LogP contribution >= 0.6 is 0 Å². The molecular formula is C27H30N6O2. The number of aromatic nitrogens is 4. The van der Waals surface area contributed by atoms with E-state index < -0.39 is 0 Å². The number of piperidine rings is 1. The molecule has 1 fully saturated rings. The third-order valence-corrected chi connectivity index (χ3v) is 6.59. The summed E-state index contributed by atoms with van der Waals surface area (Å²) in [5.41, 5.74) is 4.07. The SMILES string of the molecule is CCc1c(C)nc2ncnn2c1N1CCC(C(=O)Nc2ccc(OCc3ccccc3)cc2)CC1. The molecule has 5 rings (SSSR count). The molecule has 1 aliphatic heterocycles. The Hall–Kier alpha value is -3.94. The van der Waals surface area contributed by atoms with Crippen LogP contribution in [-0.4, -0.2) is 38.6 Å². The summed E-state index contributed by atoms with van der Waals surface area (Å²) in [6.45, 7) is 6.25. The molecule has 2 aromatic heterocycles. The normalized spacial score (nSPS) is 14.3. The summed E-state index contributed by atoms with van der Waals surface area (Å²) in [6.07, 6.45) is 3.98. The Labute approximate surface area is 205 Å². The van der Waals surface area contributed by atoms with Crippen molar-refractivity contribution in [2.24, 2.45) is 5.92 Å². The van der Waals surface area contributed by atoms with Gasteiger partial charge in [-0.2, -0.15) is 14.6 Å². The number of hydrogen-bond acceptors (Lipinski definition) is 6. The van der Waals surface area contributed by atoms with Crippen LogP contribution in [0.4, 0.5) is 11.5 Å². The number of fused-ring (bicyclic) bond motifs is 1. The molecule has 0 unspecified atom stereocenters. The second-order valence-corrected chi connectivity index (χ2v) is 8.87. The van der Waals surface area contributed by atoms with Crippen molar-refractivity contribution in [3.05, 3.63) is 77.7 Å². The van der Waals surface area contributed by atoms with Crippen molar-refractivity contribution in [2.75, 3.05) is 23.3 Å². The first-order chi connectivity index (χ1) is 17.1. The lowest BCUT2D eigenvalue weighted by atomic mass is 9.95. The molecule has 0 radical (unpaired) electrons. The van der Waals surface area contributed by atoms with Gasteiger partial charge in [0.2, 0.25) is 5.91 Å². The quantitative estimate of drug-likeness (QED) is 0.430. The molecule has 0 bridgehead atoms. The Kier molecular flexibility index (Phi) is 6.61. The van der Waals surface area contributed by atoms with Crippen LogP contribution in [0.15, 0.2) is 60.9 Å². The van der Waals surface area contributed by atoms with E-state index in [1.165, 1.54) is 5.56 Å². The van der Waals surface area contributed by atoms with Crippen LogP contribution < -0.4 is 15.0 Å². The minimum absolute atomic E-state index is 0.0282. The second-order valence-electron chi connectivity index (χ2n) is 8.87. The summed E-state index contributed by atoms with van der Waals surface area (Å²) in [5, 5.41) is 7.48. The number of carbonyl (C=O) groups excluding carboxylic acids is 1. The molecule has 1 saturated heterocycles. The summed E-state index contributed by atoms with van der Waals surface area (Å²) in [5.74, 6) is 2.48. The van der Waals surface area contributed by atoms with Gasteiger partial charge >= 0.3 is 0 Å². The Morgan fingerprint density at radius 2 is 1.83 bits per heavy atom. The molecule has 4 aromatic rings. The highest BCUT2D eigenvalue weighted by Gasteiger charge is 2.28. The second kappa shape index (κ2) is 10.1. The van der Waals surface area contributed by atoms with Gasteiger partial charge in [0.15, 0.2) is 0 Å². The van der Waals surface area contributed by atoms with Crippen molar-refractivity contribution in [2.45, 2.75) is 39.7 Å². The Morgan fingerprint density at radius 1 is 1.09 bits per heavy atom.